The number of hydrogen-bond donors (Lipinski definition) is 1. The first kappa shape index (κ1) is 43.9. The predicted molar refractivity (Wildman–Crippen MR) is 213 cm³/mol. The third-order valence-corrected chi connectivity index (χ3v) is 9.52. The summed E-state index contributed by atoms with van der Waals surface area (Å²) in [5, 5.41) is 10.0. The first-order chi connectivity index (χ1) is 22.0. The first-order valence-corrected chi connectivity index (χ1v) is 18.3. The van der Waals surface area contributed by atoms with Crippen molar-refractivity contribution in [2.45, 2.75) is 161 Å². The second kappa shape index (κ2) is 22.4. The lowest BCUT2D eigenvalue weighted by Gasteiger charge is -2.24. The second-order valence-electron chi connectivity index (χ2n) is 14.1. The van der Waals surface area contributed by atoms with Crippen LogP contribution in [0.15, 0.2) is 57.8 Å². The van der Waals surface area contributed by atoms with E-state index in [1.165, 1.54) is 56.1 Å². The van der Waals surface area contributed by atoms with Gasteiger partial charge in [0, 0.05) is 28.2 Å². The van der Waals surface area contributed by atoms with Crippen LogP contribution < -0.4 is 5.73 Å². The summed E-state index contributed by atoms with van der Waals surface area (Å²) < 4.78 is 0. The maximum Gasteiger partial charge on any atom is 0.0997 e. The highest BCUT2D eigenvalue weighted by atomic mass is 14.8. The fraction of sp³-hybridized carbons (Fsp3) is 0.591. The van der Waals surface area contributed by atoms with Gasteiger partial charge in [-0.05, 0) is 120 Å². The van der Waals surface area contributed by atoms with Gasteiger partial charge in [0.25, 0.3) is 0 Å². The maximum atomic E-state index is 10.0. The Bertz CT molecular complexity index is 1360. The van der Waals surface area contributed by atoms with Crippen molar-refractivity contribution in [1.82, 2.24) is 0 Å². The van der Waals surface area contributed by atoms with Crippen molar-refractivity contribution in [3.05, 3.63) is 80.6 Å². The summed E-state index contributed by atoms with van der Waals surface area (Å²) in [6.45, 7) is 38.1. The van der Waals surface area contributed by atoms with Crippen LogP contribution in [0.3, 0.4) is 0 Å². The van der Waals surface area contributed by atoms with E-state index >= 15 is 0 Å². The summed E-state index contributed by atoms with van der Waals surface area (Å²) in [5.74, 6) is 1.84. The van der Waals surface area contributed by atoms with Gasteiger partial charge < -0.3 is 5.73 Å². The van der Waals surface area contributed by atoms with E-state index in [1.54, 1.807) is 0 Å². The summed E-state index contributed by atoms with van der Waals surface area (Å²) in [4.78, 5) is 4.62. The van der Waals surface area contributed by atoms with Gasteiger partial charge in [-0.15, -0.1) is 0 Å². The van der Waals surface area contributed by atoms with Crippen molar-refractivity contribution in [3.8, 4) is 6.07 Å². The molecular formula is C44H71N3. The van der Waals surface area contributed by atoms with Gasteiger partial charge in [-0.1, -0.05) is 117 Å². The van der Waals surface area contributed by atoms with E-state index in [0.29, 0.717) is 5.57 Å². The Balaban J connectivity index is 0.00000117. The number of unbranched alkanes of at least 4 members (excludes halogenated alkanes) is 3. The van der Waals surface area contributed by atoms with Gasteiger partial charge in [0.15, 0.2) is 0 Å². The lowest BCUT2D eigenvalue weighted by Crippen LogP contribution is -2.12. The molecule has 0 bridgehead atoms. The number of anilines is 1. The average molecular weight is 642 g/mol. The molecule has 0 aromatic heterocycles. The SMILES string of the molecule is C=C(C)N=C(C)c1c(N)c(C)c(C(=C)/C(C(C#N)=C(C)C)=C(C)\C(C)=C/C)c2c1CCC2.CCC(C)C.CCCCCCC(C)CC. The highest BCUT2D eigenvalue weighted by Crippen LogP contribution is 2.43. The van der Waals surface area contributed by atoms with E-state index in [-0.39, 0.29) is 0 Å². The Morgan fingerprint density at radius 3 is 1.89 bits per heavy atom. The summed E-state index contributed by atoms with van der Waals surface area (Å²) in [7, 11) is 0. The van der Waals surface area contributed by atoms with Gasteiger partial charge in [0.1, 0.15) is 0 Å². The van der Waals surface area contributed by atoms with Gasteiger partial charge >= 0.3 is 0 Å². The molecule has 1 aromatic rings. The number of allylic oxidation sites excluding steroid dienone is 8. The van der Waals surface area contributed by atoms with Crippen LogP contribution in [0.2, 0.25) is 0 Å². The smallest absolute Gasteiger partial charge is 0.0997 e. The van der Waals surface area contributed by atoms with Crippen LogP contribution in [0.1, 0.15) is 169 Å². The lowest BCUT2D eigenvalue weighted by molar-refractivity contribution is 0.477. The van der Waals surface area contributed by atoms with E-state index in [4.69, 9.17) is 5.73 Å². The van der Waals surface area contributed by atoms with E-state index in [2.05, 4.69) is 92.6 Å². The second-order valence-corrected chi connectivity index (χ2v) is 14.1. The highest BCUT2D eigenvalue weighted by molar-refractivity contribution is 6.07. The van der Waals surface area contributed by atoms with Crippen LogP contribution in [-0.4, -0.2) is 5.71 Å². The number of fused-ring (bicyclic) bond motifs is 1. The van der Waals surface area contributed by atoms with E-state index < -0.39 is 0 Å². The standard InChI is InChI=1S/C29H37N3.C10H22.C5H12/c1-11-18(6)19(7)26(25(15-30)16(2)3)20(8)27-21(9)29(31)28(22(10)32-17(4)5)24-14-12-13-23(24)27;1-4-6-7-8-9-10(3)5-2;1-4-5(2)3/h11H,4,8,12-14,31H2,1-3,5-7,9-10H3;10H,4-9H2,1-3H3;5H,4H2,1-3H3/b18-11-,26-19+,32-22?;;. The molecule has 1 aliphatic carbocycles. The topological polar surface area (TPSA) is 62.2 Å². The van der Waals surface area contributed by atoms with Crippen LogP contribution in [-0.2, 0) is 12.8 Å². The number of nitrogens with zero attached hydrogens (tertiary/aromatic N) is 2. The zero-order valence-corrected chi connectivity index (χ0v) is 33.2. The summed E-state index contributed by atoms with van der Waals surface area (Å²) in [5.41, 5.74) is 20.6. The zero-order valence-electron chi connectivity index (χ0n) is 33.2. The molecule has 2 N–H and O–H groups in total. The molecule has 0 saturated carbocycles. The number of nitrogens with two attached hydrogens (primary N) is 1. The molecule has 3 heteroatoms. The van der Waals surface area contributed by atoms with Crippen LogP contribution in [0.25, 0.3) is 5.57 Å². The fourth-order valence-corrected chi connectivity index (χ4v) is 5.82. The van der Waals surface area contributed by atoms with Crippen LogP contribution in [0.5, 0.6) is 0 Å². The molecule has 0 radical (unpaired) electrons. The van der Waals surface area contributed by atoms with E-state index in [9.17, 15) is 5.26 Å². The Morgan fingerprint density at radius 2 is 1.47 bits per heavy atom. The molecule has 262 valence electrons. The molecule has 0 aliphatic heterocycles. The third kappa shape index (κ3) is 13.5. The molecule has 0 amide bonds. The van der Waals surface area contributed by atoms with Crippen molar-refractivity contribution in [2.75, 3.05) is 5.73 Å². The summed E-state index contributed by atoms with van der Waals surface area (Å²) in [6.07, 6.45) is 14.9. The maximum absolute atomic E-state index is 10.0. The van der Waals surface area contributed by atoms with Gasteiger partial charge in [0.2, 0.25) is 0 Å². The molecule has 0 heterocycles. The fourth-order valence-electron chi connectivity index (χ4n) is 5.82. The zero-order chi connectivity index (χ0) is 36.4. The lowest BCUT2D eigenvalue weighted by atomic mass is 9.80. The van der Waals surface area contributed by atoms with Crippen LogP contribution >= 0.6 is 0 Å². The summed E-state index contributed by atoms with van der Waals surface area (Å²) >= 11 is 0. The van der Waals surface area contributed by atoms with Crippen LogP contribution in [0.4, 0.5) is 5.69 Å². The number of rotatable bonds is 13. The van der Waals surface area contributed by atoms with E-state index in [1.807, 2.05) is 34.6 Å². The summed E-state index contributed by atoms with van der Waals surface area (Å²) in [6, 6.07) is 2.44. The Hall–Kier alpha value is -3.12. The average Bonchev–Trinajstić information content (AvgIpc) is 3.49. The molecule has 0 saturated heterocycles. The molecule has 0 fully saturated rings. The van der Waals surface area contributed by atoms with Crippen molar-refractivity contribution in [3.63, 3.8) is 0 Å². The molecule has 1 aliphatic rings. The van der Waals surface area contributed by atoms with Crippen molar-refractivity contribution in [1.29, 1.82) is 5.26 Å². The number of aliphatic imine (C=N–C) groups is 1. The molecule has 0 spiro atoms. The molecule has 47 heavy (non-hydrogen) atoms. The van der Waals surface area contributed by atoms with Gasteiger partial charge in [-0.2, -0.15) is 5.26 Å². The van der Waals surface area contributed by atoms with Gasteiger partial charge in [0.05, 0.1) is 11.6 Å². The minimum Gasteiger partial charge on any atom is -0.398 e. The van der Waals surface area contributed by atoms with Crippen molar-refractivity contribution in [2.24, 2.45) is 16.8 Å². The molecule has 3 nitrogen and oxygen atoms in total. The third-order valence-electron chi connectivity index (χ3n) is 9.52. The normalized spacial score (nSPS) is 13.7. The molecule has 1 aromatic carbocycles. The molecule has 2 rings (SSSR count). The molecule has 1 unspecified atom stereocenters. The largest absolute Gasteiger partial charge is 0.398 e. The highest BCUT2D eigenvalue weighted by Gasteiger charge is 2.28. The Kier molecular flexibility index (Phi) is 21.0. The Morgan fingerprint density at radius 1 is 0.915 bits per heavy atom. The van der Waals surface area contributed by atoms with E-state index in [0.717, 1.165) is 92.8 Å². The minimum atomic E-state index is 0.683. The minimum absolute atomic E-state index is 0.683. The van der Waals surface area contributed by atoms with Gasteiger partial charge in [-0.25, -0.2) is 0 Å². The van der Waals surface area contributed by atoms with Crippen LogP contribution in [0, 0.1) is 30.1 Å². The quantitative estimate of drug-likeness (QED) is 0.0765. The number of nitrogen functional groups attached to an aromatic ring is 1. The number of hydrogen-bond acceptors (Lipinski definition) is 3. The molecule has 1 atom stereocenters. The number of nitriles is 1. The number of benzene rings is 1. The first-order valence-electron chi connectivity index (χ1n) is 18.3. The Labute approximate surface area is 291 Å². The van der Waals surface area contributed by atoms with Gasteiger partial charge in [-0.3, -0.25) is 4.99 Å². The monoisotopic (exact) mass is 642 g/mol. The molecular weight excluding hydrogens is 571 g/mol. The van der Waals surface area contributed by atoms with Crippen molar-refractivity contribution < 1.29 is 0 Å². The predicted octanol–water partition coefficient (Wildman–Crippen LogP) is 13.6. The van der Waals surface area contributed by atoms with Crippen molar-refractivity contribution >= 4 is 17.0 Å².